The van der Waals surface area contributed by atoms with Crippen molar-refractivity contribution >= 4 is 40.8 Å². The zero-order valence-corrected chi connectivity index (χ0v) is 12.6. The third-order valence-corrected chi connectivity index (χ3v) is 2.90. The number of carbonyl (C=O) groups excluding carboxylic acids is 1. The minimum absolute atomic E-state index is 0. The average molecular weight is 316 g/mol. The van der Waals surface area contributed by atoms with Gasteiger partial charge in [-0.25, -0.2) is 9.97 Å². The van der Waals surface area contributed by atoms with E-state index in [0.29, 0.717) is 11.6 Å². The number of aromatic nitrogens is 2. The summed E-state index contributed by atoms with van der Waals surface area (Å²) in [4.78, 5) is 19.5. The number of esters is 1. The molecule has 0 saturated heterocycles. The van der Waals surface area contributed by atoms with Crippen molar-refractivity contribution in [2.24, 2.45) is 0 Å². The van der Waals surface area contributed by atoms with Crippen molar-refractivity contribution in [3.05, 3.63) is 54.9 Å². The van der Waals surface area contributed by atoms with Crippen molar-refractivity contribution in [2.45, 2.75) is 6.92 Å². The van der Waals surface area contributed by atoms with Crippen LogP contribution in [0.1, 0.15) is 6.92 Å². The Hall–Kier alpha value is -2.66. The Labute approximate surface area is 133 Å². The lowest BCUT2D eigenvalue weighted by Crippen LogP contribution is -2.02. The van der Waals surface area contributed by atoms with Gasteiger partial charge in [0.05, 0.1) is 5.52 Å². The van der Waals surface area contributed by atoms with Gasteiger partial charge in [-0.1, -0.05) is 18.2 Å². The molecule has 0 aliphatic rings. The summed E-state index contributed by atoms with van der Waals surface area (Å²) in [5.41, 5.74) is 1.66. The molecule has 0 amide bonds. The number of benzene rings is 2. The maximum Gasteiger partial charge on any atom is 0.308 e. The van der Waals surface area contributed by atoms with Crippen LogP contribution in [0, 0.1) is 0 Å². The van der Waals surface area contributed by atoms with E-state index in [9.17, 15) is 4.79 Å². The molecule has 1 heterocycles. The fourth-order valence-electron chi connectivity index (χ4n) is 2.04. The smallest absolute Gasteiger partial charge is 0.308 e. The van der Waals surface area contributed by atoms with Crippen molar-refractivity contribution in [1.82, 2.24) is 9.97 Å². The maximum absolute atomic E-state index is 11.0. The Morgan fingerprint density at radius 1 is 1.09 bits per heavy atom. The Morgan fingerprint density at radius 2 is 1.91 bits per heavy atom. The second-order valence-corrected chi connectivity index (χ2v) is 4.49. The van der Waals surface area contributed by atoms with Crippen LogP contribution in [0.25, 0.3) is 10.9 Å². The highest BCUT2D eigenvalue weighted by Crippen LogP contribution is 2.24. The van der Waals surface area contributed by atoms with Crippen LogP contribution in [-0.4, -0.2) is 15.9 Å². The Bertz CT molecular complexity index is 803. The predicted molar refractivity (Wildman–Crippen MR) is 87.8 cm³/mol. The largest absolute Gasteiger partial charge is 0.427 e. The standard InChI is InChI=1S/C16H13N3O2.ClH/c1-11(20)21-13-6-4-5-12(9-13)19-16-14-7-2-3-8-15(14)17-10-18-16;/h2-10H,1H3,(H,17,18,19);1H. The van der Waals surface area contributed by atoms with Gasteiger partial charge in [-0.05, 0) is 24.3 Å². The first-order valence-electron chi connectivity index (χ1n) is 6.47. The topological polar surface area (TPSA) is 64.1 Å². The van der Waals surface area contributed by atoms with E-state index in [1.165, 1.54) is 13.3 Å². The molecule has 1 N–H and O–H groups in total. The number of para-hydroxylation sites is 1. The van der Waals surface area contributed by atoms with Gasteiger partial charge in [0, 0.05) is 24.1 Å². The molecule has 0 atom stereocenters. The number of halogens is 1. The molecule has 112 valence electrons. The fourth-order valence-corrected chi connectivity index (χ4v) is 2.04. The molecule has 0 unspecified atom stereocenters. The van der Waals surface area contributed by atoms with Gasteiger partial charge in [0.25, 0.3) is 0 Å². The molecule has 0 radical (unpaired) electrons. The van der Waals surface area contributed by atoms with Gasteiger partial charge in [0.15, 0.2) is 0 Å². The summed E-state index contributed by atoms with van der Waals surface area (Å²) in [6.07, 6.45) is 1.51. The van der Waals surface area contributed by atoms with E-state index in [4.69, 9.17) is 4.74 Å². The zero-order chi connectivity index (χ0) is 14.7. The molecule has 0 saturated carbocycles. The molecular formula is C16H14ClN3O2. The van der Waals surface area contributed by atoms with E-state index in [0.717, 1.165) is 16.6 Å². The van der Waals surface area contributed by atoms with E-state index in [1.807, 2.05) is 36.4 Å². The minimum Gasteiger partial charge on any atom is -0.427 e. The van der Waals surface area contributed by atoms with Crippen LogP contribution in [0.3, 0.4) is 0 Å². The van der Waals surface area contributed by atoms with Crippen LogP contribution >= 0.6 is 12.4 Å². The number of carbonyl (C=O) groups is 1. The van der Waals surface area contributed by atoms with E-state index in [1.54, 1.807) is 12.1 Å². The SMILES string of the molecule is CC(=O)Oc1cccc(Nc2ncnc3ccccc23)c1.Cl. The van der Waals surface area contributed by atoms with Crippen LogP contribution in [0.5, 0.6) is 5.75 Å². The molecule has 6 heteroatoms. The van der Waals surface area contributed by atoms with Gasteiger partial charge in [-0.3, -0.25) is 4.79 Å². The lowest BCUT2D eigenvalue weighted by atomic mass is 10.2. The molecule has 22 heavy (non-hydrogen) atoms. The second kappa shape index (κ2) is 6.87. The summed E-state index contributed by atoms with van der Waals surface area (Å²) in [5, 5.41) is 4.15. The molecule has 0 aliphatic heterocycles. The summed E-state index contributed by atoms with van der Waals surface area (Å²) in [6, 6.07) is 14.9. The molecule has 3 rings (SSSR count). The number of nitrogens with zero attached hydrogens (tertiary/aromatic N) is 2. The van der Waals surface area contributed by atoms with Gasteiger partial charge < -0.3 is 10.1 Å². The van der Waals surface area contributed by atoms with E-state index in [2.05, 4.69) is 15.3 Å². The monoisotopic (exact) mass is 315 g/mol. The number of hydrogen-bond donors (Lipinski definition) is 1. The number of nitrogens with one attached hydrogen (secondary N) is 1. The van der Waals surface area contributed by atoms with Crippen LogP contribution < -0.4 is 10.1 Å². The summed E-state index contributed by atoms with van der Waals surface area (Å²) in [5.74, 6) is 0.853. The second-order valence-electron chi connectivity index (χ2n) is 4.49. The predicted octanol–water partition coefficient (Wildman–Crippen LogP) is 3.72. The quantitative estimate of drug-likeness (QED) is 0.589. The number of anilines is 2. The first-order valence-corrected chi connectivity index (χ1v) is 6.47. The van der Waals surface area contributed by atoms with E-state index < -0.39 is 0 Å². The van der Waals surface area contributed by atoms with Gasteiger partial charge in [-0.15, -0.1) is 12.4 Å². The van der Waals surface area contributed by atoms with Gasteiger partial charge in [0.1, 0.15) is 17.9 Å². The van der Waals surface area contributed by atoms with E-state index in [-0.39, 0.29) is 18.4 Å². The minimum atomic E-state index is -0.348. The Balaban J connectivity index is 0.00000176. The third-order valence-electron chi connectivity index (χ3n) is 2.90. The van der Waals surface area contributed by atoms with Crippen molar-refractivity contribution in [1.29, 1.82) is 0 Å². The molecular weight excluding hydrogens is 302 g/mol. The first-order chi connectivity index (χ1) is 10.2. The van der Waals surface area contributed by atoms with Gasteiger partial charge in [-0.2, -0.15) is 0 Å². The summed E-state index contributed by atoms with van der Waals surface area (Å²) in [6.45, 7) is 1.37. The highest BCUT2D eigenvalue weighted by Gasteiger charge is 2.05. The Kier molecular flexibility index (Phi) is 4.91. The molecule has 0 fully saturated rings. The first kappa shape index (κ1) is 15.7. The van der Waals surface area contributed by atoms with Crippen LogP contribution in [-0.2, 0) is 4.79 Å². The summed E-state index contributed by atoms with van der Waals surface area (Å²) in [7, 11) is 0. The highest BCUT2D eigenvalue weighted by atomic mass is 35.5. The molecule has 2 aromatic carbocycles. The van der Waals surface area contributed by atoms with E-state index >= 15 is 0 Å². The lowest BCUT2D eigenvalue weighted by molar-refractivity contribution is -0.131. The maximum atomic E-state index is 11.0. The zero-order valence-electron chi connectivity index (χ0n) is 11.8. The molecule has 5 nitrogen and oxygen atoms in total. The molecule has 1 aromatic heterocycles. The molecule has 3 aromatic rings. The number of fused-ring (bicyclic) bond motifs is 1. The highest BCUT2D eigenvalue weighted by molar-refractivity contribution is 5.90. The van der Waals surface area contributed by atoms with Crippen molar-refractivity contribution in [3.8, 4) is 5.75 Å². The summed E-state index contributed by atoms with van der Waals surface area (Å²) < 4.78 is 5.07. The Morgan fingerprint density at radius 3 is 2.73 bits per heavy atom. The van der Waals surface area contributed by atoms with Crippen molar-refractivity contribution < 1.29 is 9.53 Å². The van der Waals surface area contributed by atoms with Crippen molar-refractivity contribution in [2.75, 3.05) is 5.32 Å². The van der Waals surface area contributed by atoms with Gasteiger partial charge in [0.2, 0.25) is 0 Å². The summed E-state index contributed by atoms with van der Waals surface area (Å²) >= 11 is 0. The third kappa shape index (κ3) is 3.51. The van der Waals surface area contributed by atoms with Gasteiger partial charge >= 0.3 is 5.97 Å². The normalized spacial score (nSPS) is 9.86. The van der Waals surface area contributed by atoms with Crippen LogP contribution in [0.4, 0.5) is 11.5 Å². The molecule has 0 spiro atoms. The van der Waals surface area contributed by atoms with Crippen LogP contribution in [0.15, 0.2) is 54.9 Å². The average Bonchev–Trinajstić information content (AvgIpc) is 2.47. The number of rotatable bonds is 3. The molecule has 0 aliphatic carbocycles. The molecule has 0 bridgehead atoms. The lowest BCUT2D eigenvalue weighted by Gasteiger charge is -2.09. The fraction of sp³-hybridized carbons (Fsp3) is 0.0625. The number of ether oxygens (including phenoxy) is 1. The number of hydrogen-bond acceptors (Lipinski definition) is 5. The van der Waals surface area contributed by atoms with Crippen LogP contribution in [0.2, 0.25) is 0 Å². The van der Waals surface area contributed by atoms with Crippen molar-refractivity contribution in [3.63, 3.8) is 0 Å².